The quantitative estimate of drug-likeness (QED) is 0.868. The summed E-state index contributed by atoms with van der Waals surface area (Å²) in [6.45, 7) is 1.81. The molecule has 1 atom stereocenters. The number of amides is 1. The molecule has 1 saturated heterocycles. The maximum atomic E-state index is 12.5. The van der Waals surface area contributed by atoms with Crippen LogP contribution in [0.4, 0.5) is 0 Å². The van der Waals surface area contributed by atoms with Crippen molar-refractivity contribution < 1.29 is 4.79 Å². The van der Waals surface area contributed by atoms with Crippen molar-refractivity contribution in [2.45, 2.75) is 44.7 Å². The Bertz CT molecular complexity index is 659. The largest absolute Gasteiger partial charge is 0.338 e. The van der Waals surface area contributed by atoms with Gasteiger partial charge in [0.15, 0.2) is 0 Å². The van der Waals surface area contributed by atoms with Crippen LogP contribution in [0.15, 0.2) is 30.6 Å². The lowest BCUT2D eigenvalue weighted by Crippen LogP contribution is -2.43. The number of aromatic nitrogens is 2. The summed E-state index contributed by atoms with van der Waals surface area (Å²) in [5.41, 5.74) is 2.20. The van der Waals surface area contributed by atoms with Crippen LogP contribution >= 0.6 is 0 Å². The molecule has 1 unspecified atom stereocenters. The number of benzene rings is 1. The maximum absolute atomic E-state index is 12.5. The molecule has 0 spiro atoms. The van der Waals surface area contributed by atoms with E-state index >= 15 is 0 Å². The average Bonchev–Trinajstić information content (AvgIpc) is 3.05. The van der Waals surface area contributed by atoms with Crippen molar-refractivity contribution in [2.75, 3.05) is 6.54 Å². The Labute approximate surface area is 124 Å². The normalized spacial score (nSPS) is 22.7. The molecule has 2 heterocycles. The van der Waals surface area contributed by atoms with E-state index in [1.54, 1.807) is 0 Å². The van der Waals surface area contributed by atoms with Gasteiger partial charge in [-0.15, -0.1) is 0 Å². The number of para-hydroxylation sites is 2. The second-order valence-corrected chi connectivity index (χ2v) is 6.34. The van der Waals surface area contributed by atoms with Crippen LogP contribution in [-0.4, -0.2) is 32.9 Å². The first-order valence-electron chi connectivity index (χ1n) is 8.03. The number of hydrogen-bond acceptors (Lipinski definition) is 2. The molecule has 21 heavy (non-hydrogen) atoms. The third-order valence-corrected chi connectivity index (χ3v) is 5.05. The van der Waals surface area contributed by atoms with E-state index in [4.69, 9.17) is 0 Å². The molecule has 0 bridgehead atoms. The van der Waals surface area contributed by atoms with Crippen LogP contribution in [0.3, 0.4) is 0 Å². The van der Waals surface area contributed by atoms with Crippen molar-refractivity contribution in [2.24, 2.45) is 5.92 Å². The van der Waals surface area contributed by atoms with Crippen LogP contribution in [-0.2, 0) is 11.3 Å². The number of likely N-dealkylation sites (tertiary alicyclic amines) is 1. The molecule has 4 nitrogen and oxygen atoms in total. The number of nitrogens with zero attached hydrogens (tertiary/aromatic N) is 3. The first-order valence-corrected chi connectivity index (χ1v) is 8.03. The number of imidazole rings is 1. The topological polar surface area (TPSA) is 38.1 Å². The van der Waals surface area contributed by atoms with Crippen molar-refractivity contribution in [3.05, 3.63) is 30.6 Å². The second-order valence-electron chi connectivity index (χ2n) is 6.34. The highest BCUT2D eigenvalue weighted by Gasteiger charge is 2.35. The van der Waals surface area contributed by atoms with Gasteiger partial charge < -0.3 is 9.47 Å². The minimum absolute atomic E-state index is 0.310. The Balaban J connectivity index is 1.54. The highest BCUT2D eigenvalue weighted by molar-refractivity contribution is 5.80. The van der Waals surface area contributed by atoms with Gasteiger partial charge in [0.05, 0.1) is 17.4 Å². The average molecular weight is 283 g/mol. The second kappa shape index (κ2) is 5.17. The summed E-state index contributed by atoms with van der Waals surface area (Å²) in [6.07, 6.45) is 7.57. The molecule has 1 amide bonds. The Morgan fingerprint density at radius 2 is 2.05 bits per heavy atom. The van der Waals surface area contributed by atoms with Gasteiger partial charge in [0, 0.05) is 25.0 Å². The zero-order valence-corrected chi connectivity index (χ0v) is 12.2. The van der Waals surface area contributed by atoms with Gasteiger partial charge in [-0.25, -0.2) is 4.98 Å². The number of rotatable bonds is 3. The Hall–Kier alpha value is -1.84. The van der Waals surface area contributed by atoms with Gasteiger partial charge >= 0.3 is 0 Å². The highest BCUT2D eigenvalue weighted by Crippen LogP contribution is 2.31. The molecule has 1 aliphatic carbocycles. The van der Waals surface area contributed by atoms with Crippen molar-refractivity contribution in [1.82, 2.24) is 14.5 Å². The fourth-order valence-corrected chi connectivity index (χ4v) is 3.59. The molecule has 110 valence electrons. The first-order chi connectivity index (χ1) is 10.3. The van der Waals surface area contributed by atoms with Gasteiger partial charge in [0.25, 0.3) is 0 Å². The lowest BCUT2D eigenvalue weighted by molar-refractivity contribution is -0.139. The van der Waals surface area contributed by atoms with E-state index in [1.807, 2.05) is 24.5 Å². The number of hydrogen-bond donors (Lipinski definition) is 0. The van der Waals surface area contributed by atoms with Gasteiger partial charge in [-0.05, 0) is 37.8 Å². The van der Waals surface area contributed by atoms with Crippen LogP contribution in [0.5, 0.6) is 0 Å². The lowest BCUT2D eigenvalue weighted by atomic mass is 9.84. The van der Waals surface area contributed by atoms with Crippen LogP contribution in [0.25, 0.3) is 11.0 Å². The molecule has 1 aromatic heterocycles. The lowest BCUT2D eigenvalue weighted by Gasteiger charge is -2.33. The van der Waals surface area contributed by atoms with Gasteiger partial charge in [0.1, 0.15) is 0 Å². The van der Waals surface area contributed by atoms with Crippen molar-refractivity contribution in [1.29, 1.82) is 0 Å². The van der Waals surface area contributed by atoms with Gasteiger partial charge in [-0.2, -0.15) is 0 Å². The SMILES string of the molecule is O=C(C1CCC1)N1CCCC1Cn1cnc2ccccc21. The molecule has 1 saturated carbocycles. The molecule has 2 aromatic rings. The maximum Gasteiger partial charge on any atom is 0.225 e. The van der Waals surface area contributed by atoms with E-state index in [0.29, 0.717) is 17.9 Å². The molecule has 0 radical (unpaired) electrons. The molecular formula is C17H21N3O. The minimum atomic E-state index is 0.310. The zero-order valence-electron chi connectivity index (χ0n) is 12.2. The molecule has 1 aliphatic heterocycles. The zero-order chi connectivity index (χ0) is 14.2. The van der Waals surface area contributed by atoms with E-state index in [1.165, 1.54) is 11.9 Å². The summed E-state index contributed by atoms with van der Waals surface area (Å²) in [4.78, 5) is 19.1. The number of carbonyl (C=O) groups is 1. The molecule has 2 aliphatic rings. The fourth-order valence-electron chi connectivity index (χ4n) is 3.59. The summed E-state index contributed by atoms with van der Waals surface area (Å²) in [5.74, 6) is 0.707. The molecule has 1 aromatic carbocycles. The van der Waals surface area contributed by atoms with E-state index in [0.717, 1.165) is 44.3 Å². The Morgan fingerprint density at radius 1 is 1.19 bits per heavy atom. The predicted octanol–water partition coefficient (Wildman–Crippen LogP) is 2.83. The van der Waals surface area contributed by atoms with E-state index in [9.17, 15) is 4.79 Å². The first kappa shape index (κ1) is 12.9. The van der Waals surface area contributed by atoms with E-state index in [2.05, 4.69) is 20.5 Å². The minimum Gasteiger partial charge on any atom is -0.338 e. The molecule has 0 N–H and O–H groups in total. The smallest absolute Gasteiger partial charge is 0.225 e. The van der Waals surface area contributed by atoms with Gasteiger partial charge in [0.2, 0.25) is 5.91 Å². The predicted molar refractivity (Wildman–Crippen MR) is 81.8 cm³/mol. The standard InChI is InChI=1S/C17H21N3O/c21-17(13-5-3-6-13)20-10-4-7-14(20)11-19-12-18-15-8-1-2-9-16(15)19/h1-2,8-9,12-14H,3-7,10-11H2. The Morgan fingerprint density at radius 3 is 2.86 bits per heavy atom. The van der Waals surface area contributed by atoms with Crippen LogP contribution < -0.4 is 0 Å². The molecule has 4 heteroatoms. The summed E-state index contributed by atoms with van der Waals surface area (Å²) < 4.78 is 2.20. The monoisotopic (exact) mass is 283 g/mol. The van der Waals surface area contributed by atoms with Crippen LogP contribution in [0, 0.1) is 5.92 Å². The number of fused-ring (bicyclic) bond motifs is 1. The van der Waals surface area contributed by atoms with E-state index in [-0.39, 0.29) is 0 Å². The summed E-state index contributed by atoms with van der Waals surface area (Å²) in [5, 5.41) is 0. The summed E-state index contributed by atoms with van der Waals surface area (Å²) in [6, 6.07) is 8.55. The van der Waals surface area contributed by atoms with E-state index < -0.39 is 0 Å². The van der Waals surface area contributed by atoms with Crippen molar-refractivity contribution in [3.63, 3.8) is 0 Å². The van der Waals surface area contributed by atoms with Crippen molar-refractivity contribution in [3.8, 4) is 0 Å². The Kier molecular flexibility index (Phi) is 3.17. The molecular weight excluding hydrogens is 262 g/mol. The third kappa shape index (κ3) is 2.23. The number of carbonyl (C=O) groups excluding carboxylic acids is 1. The summed E-state index contributed by atoms with van der Waals surface area (Å²) in [7, 11) is 0. The van der Waals surface area contributed by atoms with Crippen LogP contribution in [0.1, 0.15) is 32.1 Å². The summed E-state index contributed by atoms with van der Waals surface area (Å²) >= 11 is 0. The van der Waals surface area contributed by atoms with Gasteiger partial charge in [-0.3, -0.25) is 4.79 Å². The third-order valence-electron chi connectivity index (χ3n) is 5.05. The highest BCUT2D eigenvalue weighted by atomic mass is 16.2. The van der Waals surface area contributed by atoms with Crippen LogP contribution in [0.2, 0.25) is 0 Å². The molecule has 2 fully saturated rings. The molecule has 4 rings (SSSR count). The van der Waals surface area contributed by atoms with Gasteiger partial charge in [-0.1, -0.05) is 18.6 Å². The fraction of sp³-hybridized carbons (Fsp3) is 0.529. The van der Waals surface area contributed by atoms with Crippen molar-refractivity contribution >= 4 is 16.9 Å².